The topological polar surface area (TPSA) is 213 Å². The summed E-state index contributed by atoms with van der Waals surface area (Å²) in [5, 5.41) is 5.38. The molecule has 0 radical (unpaired) electrons. The molecule has 14 nitrogen and oxygen atoms in total. The molecule has 2 aliphatic rings. The Labute approximate surface area is 380 Å². The van der Waals surface area contributed by atoms with Crippen LogP contribution >= 0.6 is 23.2 Å². The van der Waals surface area contributed by atoms with Crippen molar-refractivity contribution in [2.75, 3.05) is 52.2 Å². The second-order valence-corrected chi connectivity index (χ2v) is 14.9. The molecule has 2 aliphatic carbocycles. The Kier molecular flexibility index (Phi) is 19.5. The standard InChI is InChI=1S/C26H26N2O8.C20H14Cl2O4.2CH4/c1-35-23(31)13-27-11-17(29)7-15-3-5-19-21(9-15)26(34)22-10-16(4-6-20(22)25(19)33)8-18(30)12-28-14-24(32)36-2;21-9-13(23)5-11-1-3-15-17(7-11)20(26)18-8-12(6-14(24)10-22)2-4-16(18)19(15)25;;/h3-6,9-10,27-28H,7-8,11-14H2,1-2H3;1-4,7-8H,5-6,9-10H2;2*1H4. The van der Waals surface area contributed by atoms with Crippen LogP contribution in [0.15, 0.2) is 72.8 Å². The fourth-order valence-electron chi connectivity index (χ4n) is 6.81. The van der Waals surface area contributed by atoms with E-state index in [1.807, 2.05) is 0 Å². The average molecular weight is 916 g/mol. The lowest BCUT2D eigenvalue weighted by molar-refractivity contribution is -0.140. The van der Waals surface area contributed by atoms with Crippen LogP contribution in [0.1, 0.15) is 101 Å². The van der Waals surface area contributed by atoms with Gasteiger partial charge in [0, 0.05) is 70.2 Å². The third kappa shape index (κ3) is 12.9. The maximum absolute atomic E-state index is 13.2. The lowest BCUT2D eigenvalue weighted by atomic mass is 9.82. The van der Waals surface area contributed by atoms with Gasteiger partial charge in [0.25, 0.3) is 0 Å². The van der Waals surface area contributed by atoms with E-state index in [1.165, 1.54) is 38.5 Å². The van der Waals surface area contributed by atoms with Crippen molar-refractivity contribution in [3.05, 3.63) is 140 Å². The number of alkyl halides is 2. The van der Waals surface area contributed by atoms with Gasteiger partial charge in [-0.25, -0.2) is 0 Å². The molecule has 0 heterocycles. The van der Waals surface area contributed by atoms with E-state index in [0.717, 1.165) is 0 Å². The van der Waals surface area contributed by atoms with Gasteiger partial charge in [0.05, 0.1) is 52.2 Å². The van der Waals surface area contributed by atoms with Crippen molar-refractivity contribution >= 4 is 81.4 Å². The molecule has 0 aromatic heterocycles. The largest absolute Gasteiger partial charge is 0.468 e. The van der Waals surface area contributed by atoms with Crippen LogP contribution in [0.3, 0.4) is 0 Å². The Balaban J connectivity index is 0.000000346. The molecule has 0 atom stereocenters. The second kappa shape index (κ2) is 23.9. The van der Waals surface area contributed by atoms with Gasteiger partial charge in [-0.05, 0) is 46.5 Å². The van der Waals surface area contributed by atoms with Gasteiger partial charge in [0.15, 0.2) is 46.3 Å². The van der Waals surface area contributed by atoms with E-state index in [2.05, 4.69) is 20.1 Å². The Morgan fingerprint density at radius 2 is 0.656 bits per heavy atom. The van der Waals surface area contributed by atoms with Gasteiger partial charge < -0.3 is 20.1 Å². The number of benzene rings is 4. The number of ketones is 8. The summed E-state index contributed by atoms with van der Waals surface area (Å²) in [6.07, 6.45) is 0.247. The van der Waals surface area contributed by atoms with Gasteiger partial charge in [-0.2, -0.15) is 0 Å². The minimum atomic E-state index is -0.488. The third-order valence-corrected chi connectivity index (χ3v) is 10.4. The number of ether oxygens (including phenoxy) is 2. The molecule has 336 valence electrons. The molecule has 2 N–H and O–H groups in total. The molecule has 64 heavy (non-hydrogen) atoms. The van der Waals surface area contributed by atoms with Crippen LogP contribution in [0.25, 0.3) is 0 Å². The molecule has 0 fully saturated rings. The van der Waals surface area contributed by atoms with Crippen molar-refractivity contribution in [3.8, 4) is 0 Å². The zero-order valence-corrected chi connectivity index (χ0v) is 35.2. The minimum absolute atomic E-state index is 0. The minimum Gasteiger partial charge on any atom is -0.468 e. The van der Waals surface area contributed by atoms with E-state index in [0.29, 0.717) is 33.4 Å². The zero-order chi connectivity index (χ0) is 45.1. The van der Waals surface area contributed by atoms with Crippen LogP contribution in [-0.2, 0) is 63.9 Å². The lowest BCUT2D eigenvalue weighted by Gasteiger charge is -2.19. The number of carbonyl (C=O) groups is 10. The molecule has 0 bridgehead atoms. The van der Waals surface area contributed by atoms with Crippen molar-refractivity contribution < 1.29 is 57.4 Å². The van der Waals surface area contributed by atoms with E-state index in [-0.39, 0.29) is 158 Å². The van der Waals surface area contributed by atoms with Gasteiger partial charge in [0.2, 0.25) is 0 Å². The number of hydrogen-bond acceptors (Lipinski definition) is 14. The Morgan fingerprint density at radius 3 is 0.906 bits per heavy atom. The molecule has 0 amide bonds. The first-order valence-corrected chi connectivity index (χ1v) is 20.2. The number of Topliss-reactive ketones (excluding diaryl/α,β-unsaturated/α-hetero) is 4. The zero-order valence-electron chi connectivity index (χ0n) is 33.7. The quantitative estimate of drug-likeness (QED) is 0.0888. The van der Waals surface area contributed by atoms with Gasteiger partial charge in [0.1, 0.15) is 0 Å². The summed E-state index contributed by atoms with van der Waals surface area (Å²) in [4.78, 5) is 122. The van der Waals surface area contributed by atoms with Crippen molar-refractivity contribution in [2.24, 2.45) is 0 Å². The SMILES string of the molecule is C.C.COC(=O)CNCC(=O)Cc1ccc2c(c1)C(=O)c1cc(CC(=O)CNCC(=O)OC)ccc1C2=O.O=C(CCl)Cc1ccc2c(c1)C(=O)c1cc(CC(=O)CCl)ccc1C2=O. The first-order chi connectivity index (χ1) is 29.7. The Morgan fingerprint density at radius 1 is 0.406 bits per heavy atom. The molecule has 16 heteroatoms. The van der Waals surface area contributed by atoms with E-state index in [9.17, 15) is 47.9 Å². The van der Waals surface area contributed by atoms with Crippen LogP contribution in [0.4, 0.5) is 0 Å². The van der Waals surface area contributed by atoms with Crippen molar-refractivity contribution in [2.45, 2.75) is 40.5 Å². The van der Waals surface area contributed by atoms with Crippen molar-refractivity contribution in [1.82, 2.24) is 10.6 Å². The van der Waals surface area contributed by atoms with Crippen LogP contribution in [0.2, 0.25) is 0 Å². The van der Waals surface area contributed by atoms with Crippen LogP contribution < -0.4 is 10.6 Å². The number of rotatable bonds is 18. The number of esters is 2. The number of fused-ring (bicyclic) bond motifs is 4. The molecule has 4 aromatic carbocycles. The fraction of sp³-hybridized carbons (Fsp3) is 0.292. The highest BCUT2D eigenvalue weighted by Crippen LogP contribution is 2.31. The lowest BCUT2D eigenvalue weighted by Crippen LogP contribution is -2.30. The monoisotopic (exact) mass is 914 g/mol. The molecule has 0 spiro atoms. The van der Waals surface area contributed by atoms with E-state index < -0.39 is 11.9 Å². The normalized spacial score (nSPS) is 11.8. The number of nitrogens with one attached hydrogen (secondary N) is 2. The molecular weight excluding hydrogens is 867 g/mol. The molecular formula is C48H48Cl2N2O12. The summed E-state index contributed by atoms with van der Waals surface area (Å²) < 4.78 is 9.00. The maximum atomic E-state index is 13.2. The second-order valence-electron chi connectivity index (χ2n) is 14.3. The average Bonchev–Trinajstić information content (AvgIpc) is 3.27. The number of carbonyl (C=O) groups excluding carboxylic acids is 10. The molecule has 4 aromatic rings. The van der Waals surface area contributed by atoms with E-state index in [4.69, 9.17) is 23.2 Å². The first kappa shape index (κ1) is 52.0. The first-order valence-electron chi connectivity index (χ1n) is 19.1. The predicted molar refractivity (Wildman–Crippen MR) is 239 cm³/mol. The maximum Gasteiger partial charge on any atom is 0.319 e. The summed E-state index contributed by atoms with van der Waals surface area (Å²) >= 11 is 11.1. The summed E-state index contributed by atoms with van der Waals surface area (Å²) in [7, 11) is 2.50. The fourth-order valence-corrected chi connectivity index (χ4v) is 7.00. The highest BCUT2D eigenvalue weighted by molar-refractivity contribution is 6.30. The van der Waals surface area contributed by atoms with Crippen LogP contribution in [0, 0.1) is 0 Å². The van der Waals surface area contributed by atoms with Gasteiger partial charge >= 0.3 is 11.9 Å². The van der Waals surface area contributed by atoms with Crippen molar-refractivity contribution in [1.29, 1.82) is 0 Å². The van der Waals surface area contributed by atoms with Gasteiger partial charge in [-0.3, -0.25) is 47.9 Å². The highest BCUT2D eigenvalue weighted by atomic mass is 35.5. The Hall–Kier alpha value is -6.32. The Bertz CT molecular complexity index is 2360. The summed E-state index contributed by atoms with van der Waals surface area (Å²) in [5.41, 5.74) is 4.45. The molecule has 0 saturated carbocycles. The highest BCUT2D eigenvalue weighted by Gasteiger charge is 2.32. The molecule has 0 aliphatic heterocycles. The van der Waals surface area contributed by atoms with E-state index >= 15 is 0 Å². The third-order valence-electron chi connectivity index (χ3n) is 9.83. The predicted octanol–water partition coefficient (Wildman–Crippen LogP) is 4.65. The molecule has 0 saturated heterocycles. The summed E-state index contributed by atoms with van der Waals surface area (Å²) in [6.45, 7) is -0.285. The van der Waals surface area contributed by atoms with Crippen LogP contribution in [0.5, 0.6) is 0 Å². The van der Waals surface area contributed by atoms with Crippen molar-refractivity contribution in [3.63, 3.8) is 0 Å². The molecule has 0 unspecified atom stereocenters. The van der Waals surface area contributed by atoms with Crippen LogP contribution in [-0.4, -0.2) is 110 Å². The number of halogens is 2. The summed E-state index contributed by atoms with van der Waals surface area (Å²) in [5.74, 6) is -3.13. The molecule has 6 rings (SSSR count). The van der Waals surface area contributed by atoms with Gasteiger partial charge in [-0.15, -0.1) is 23.2 Å². The smallest absolute Gasteiger partial charge is 0.319 e. The number of methoxy groups -OCH3 is 2. The van der Waals surface area contributed by atoms with E-state index in [1.54, 1.807) is 48.5 Å². The summed E-state index contributed by atoms with van der Waals surface area (Å²) in [6, 6.07) is 19.0. The van der Waals surface area contributed by atoms with Gasteiger partial charge in [-0.1, -0.05) is 63.4 Å². The number of hydrogen-bond donors (Lipinski definition) is 2.